The minimum atomic E-state index is -0.409. The average Bonchev–Trinajstić information content (AvgIpc) is 3.79. The number of cyclic esters (lactones) is 1. The molecule has 268 valence electrons. The van der Waals surface area contributed by atoms with Gasteiger partial charge < -0.3 is 23.8 Å². The molecule has 0 aromatic carbocycles. The number of allylic oxidation sites excluding steroid dienone is 3. The van der Waals surface area contributed by atoms with Gasteiger partial charge in [-0.15, -0.1) is 0 Å². The van der Waals surface area contributed by atoms with Crippen molar-refractivity contribution < 1.29 is 28.5 Å². The lowest BCUT2D eigenvalue weighted by Gasteiger charge is -2.30. The summed E-state index contributed by atoms with van der Waals surface area (Å²) in [5, 5.41) is 0. The van der Waals surface area contributed by atoms with Crippen LogP contribution < -0.4 is 0 Å². The largest absolute Gasteiger partial charge is 0.457 e. The maximum absolute atomic E-state index is 13.2. The Kier molecular flexibility index (Phi) is 15.5. The molecule has 8 nitrogen and oxygen atoms in total. The monoisotopic (exact) mass is 658 g/mol. The van der Waals surface area contributed by atoms with Crippen LogP contribution in [0.2, 0.25) is 0 Å². The molecule has 0 radical (unpaired) electrons. The topological polar surface area (TPSA) is 80.8 Å². The molecule has 9 atom stereocenters. The number of carbonyl (C=O) groups is 2. The number of likely N-dealkylation sites (N-methyl/N-ethyl adjacent to an activating group) is 1. The summed E-state index contributed by atoms with van der Waals surface area (Å²) >= 11 is 0. The van der Waals surface area contributed by atoms with Crippen molar-refractivity contribution in [3.63, 3.8) is 0 Å². The van der Waals surface area contributed by atoms with Crippen LogP contribution in [0.15, 0.2) is 36.0 Å². The Morgan fingerprint density at radius 1 is 1.15 bits per heavy atom. The van der Waals surface area contributed by atoms with Crippen LogP contribution in [-0.2, 0) is 23.7 Å². The van der Waals surface area contributed by atoms with Crippen LogP contribution in [0.4, 0.5) is 4.79 Å². The summed E-state index contributed by atoms with van der Waals surface area (Å²) < 4.78 is 23.8. The van der Waals surface area contributed by atoms with Gasteiger partial charge >= 0.3 is 12.1 Å². The third-order valence-corrected chi connectivity index (χ3v) is 10.7. The van der Waals surface area contributed by atoms with Gasteiger partial charge in [0, 0.05) is 45.6 Å². The van der Waals surface area contributed by atoms with Crippen molar-refractivity contribution in [2.24, 2.45) is 35.0 Å². The van der Waals surface area contributed by atoms with Crippen LogP contribution in [0, 0.1) is 35.0 Å². The van der Waals surface area contributed by atoms with Crippen molar-refractivity contribution in [2.45, 2.75) is 119 Å². The molecule has 3 rings (SSSR count). The van der Waals surface area contributed by atoms with E-state index >= 15 is 0 Å². The zero-order chi connectivity index (χ0) is 34.7. The predicted octanol–water partition coefficient (Wildman–Crippen LogP) is 7.68. The molecule has 0 N–H and O–H groups in total. The van der Waals surface area contributed by atoms with Gasteiger partial charge in [-0.25, -0.2) is 4.79 Å². The first kappa shape index (κ1) is 39.3. The molecule has 2 saturated heterocycles. The van der Waals surface area contributed by atoms with E-state index in [9.17, 15) is 9.59 Å². The van der Waals surface area contributed by atoms with Crippen LogP contribution in [0.25, 0.3) is 0 Å². The first-order valence-corrected chi connectivity index (χ1v) is 18.3. The Labute approximate surface area is 286 Å². The van der Waals surface area contributed by atoms with Gasteiger partial charge in [-0.05, 0) is 66.9 Å². The van der Waals surface area contributed by atoms with E-state index in [1.165, 1.54) is 6.42 Å². The van der Waals surface area contributed by atoms with Gasteiger partial charge in [0.15, 0.2) is 0 Å². The average molecular weight is 659 g/mol. The number of amides is 1. The van der Waals surface area contributed by atoms with Gasteiger partial charge in [-0.2, -0.15) is 0 Å². The third-order valence-electron chi connectivity index (χ3n) is 10.7. The second-order valence-electron chi connectivity index (χ2n) is 15.6. The van der Waals surface area contributed by atoms with E-state index in [1.54, 1.807) is 11.9 Å². The summed E-state index contributed by atoms with van der Waals surface area (Å²) in [6.45, 7) is 24.4. The molecule has 3 aliphatic rings. The van der Waals surface area contributed by atoms with Crippen molar-refractivity contribution in [3.8, 4) is 0 Å². The highest BCUT2D eigenvalue weighted by molar-refractivity contribution is 5.70. The quantitative estimate of drug-likeness (QED) is 0.0921. The Bertz CT molecular complexity index is 1080. The molecular formula is C39H66N2O6. The number of hydrogen-bond acceptors (Lipinski definition) is 7. The summed E-state index contributed by atoms with van der Waals surface area (Å²) in [5.74, 6) is 1.29. The molecule has 0 aromatic heterocycles. The fourth-order valence-corrected chi connectivity index (χ4v) is 6.67. The van der Waals surface area contributed by atoms with Gasteiger partial charge in [0.25, 0.3) is 0 Å². The lowest BCUT2D eigenvalue weighted by atomic mass is 9.83. The smallest absolute Gasteiger partial charge is 0.410 e. The second kappa shape index (κ2) is 18.6. The first-order valence-electron chi connectivity index (χ1n) is 18.3. The minimum Gasteiger partial charge on any atom is -0.457 e. The normalized spacial score (nSPS) is 32.1. The molecule has 9 unspecified atom stereocenters. The molecule has 8 heteroatoms. The number of ether oxygens (including phenoxy) is 4. The fourth-order valence-electron chi connectivity index (χ4n) is 6.67. The summed E-state index contributed by atoms with van der Waals surface area (Å²) in [5.41, 5.74) is 0.973. The van der Waals surface area contributed by atoms with Gasteiger partial charge in [-0.3, -0.25) is 9.69 Å². The number of carbonyl (C=O) groups excluding carboxylic acids is 2. The number of esters is 1. The molecular weight excluding hydrogens is 592 g/mol. The zero-order valence-corrected chi connectivity index (χ0v) is 31.2. The van der Waals surface area contributed by atoms with Gasteiger partial charge in [0.05, 0.1) is 25.4 Å². The van der Waals surface area contributed by atoms with Crippen LogP contribution in [-0.4, -0.2) is 92.7 Å². The molecule has 3 heterocycles. The molecule has 1 amide bonds. The number of nitrogens with zero attached hydrogens (tertiary/aromatic N) is 2. The van der Waals surface area contributed by atoms with Crippen molar-refractivity contribution in [2.75, 3.05) is 46.4 Å². The lowest BCUT2D eigenvalue weighted by molar-refractivity contribution is -0.149. The highest BCUT2D eigenvalue weighted by Crippen LogP contribution is 2.41. The number of epoxide rings is 1. The predicted molar refractivity (Wildman–Crippen MR) is 189 cm³/mol. The Hall–Kier alpha value is -2.16. The molecule has 3 aliphatic heterocycles. The van der Waals surface area contributed by atoms with E-state index in [0.29, 0.717) is 37.0 Å². The van der Waals surface area contributed by atoms with Crippen LogP contribution in [0.1, 0.15) is 94.4 Å². The van der Waals surface area contributed by atoms with E-state index < -0.39 is 6.10 Å². The Morgan fingerprint density at radius 3 is 2.53 bits per heavy atom. The van der Waals surface area contributed by atoms with E-state index in [0.717, 1.165) is 57.7 Å². The molecule has 2 fully saturated rings. The van der Waals surface area contributed by atoms with Crippen LogP contribution in [0.5, 0.6) is 0 Å². The lowest BCUT2D eigenvalue weighted by Crippen LogP contribution is -2.42. The molecule has 0 aliphatic carbocycles. The van der Waals surface area contributed by atoms with Crippen LogP contribution in [0.3, 0.4) is 0 Å². The fraction of sp³-hybridized carbons (Fsp3) is 0.795. The molecule has 0 aromatic rings. The number of rotatable bonds is 12. The number of hydrogen-bond donors (Lipinski definition) is 0. The van der Waals surface area contributed by atoms with E-state index in [4.69, 9.17) is 18.9 Å². The van der Waals surface area contributed by atoms with Gasteiger partial charge in [-0.1, -0.05) is 86.1 Å². The van der Waals surface area contributed by atoms with E-state index in [2.05, 4.69) is 84.6 Å². The number of morpholine rings is 1. The molecule has 47 heavy (non-hydrogen) atoms. The maximum atomic E-state index is 13.2. The van der Waals surface area contributed by atoms with Crippen molar-refractivity contribution >= 4 is 12.1 Å². The summed E-state index contributed by atoms with van der Waals surface area (Å²) in [4.78, 5) is 30.2. The van der Waals surface area contributed by atoms with Crippen molar-refractivity contribution in [3.05, 3.63) is 36.0 Å². The van der Waals surface area contributed by atoms with E-state index in [-0.39, 0.29) is 41.3 Å². The third kappa shape index (κ3) is 13.0. The van der Waals surface area contributed by atoms with Gasteiger partial charge in [0.1, 0.15) is 12.2 Å². The van der Waals surface area contributed by atoms with Crippen molar-refractivity contribution in [1.82, 2.24) is 9.80 Å². The maximum Gasteiger partial charge on any atom is 0.410 e. The second-order valence-corrected chi connectivity index (χ2v) is 15.6. The SMILES string of the molecule is CCC(C)C(C)C1OC1CC(C)(C)/C=C/C=C(\C)C1OC(=O)CC(C)CCC(C)C(OC(=O)N(C)CCN2CCOCC2)/C=C/C1C. The van der Waals surface area contributed by atoms with Crippen molar-refractivity contribution in [1.29, 1.82) is 0 Å². The highest BCUT2D eigenvalue weighted by atomic mass is 16.6. The Morgan fingerprint density at radius 2 is 1.85 bits per heavy atom. The molecule has 0 spiro atoms. The van der Waals surface area contributed by atoms with Crippen LogP contribution >= 0.6 is 0 Å². The van der Waals surface area contributed by atoms with E-state index in [1.807, 2.05) is 13.0 Å². The standard InChI is InChI=1S/C39H66N2O6/c1-11-28(3)32(7)37-34(45-37)26-39(8,9)18-12-13-30(5)36-31(6)16-17-33(29(4)15-14-27(2)25-35(42)47-36)46-38(43)40(10)19-20-41-21-23-44-24-22-41/h12-13,16-18,27-29,31-34,36-37H,11,14-15,19-26H2,1-10H3/b17-16+,18-12+,30-13+. The van der Waals surface area contributed by atoms with Gasteiger partial charge in [0.2, 0.25) is 0 Å². The molecule has 0 bridgehead atoms. The Balaban J connectivity index is 1.67. The highest BCUT2D eigenvalue weighted by Gasteiger charge is 2.46. The summed E-state index contributed by atoms with van der Waals surface area (Å²) in [6, 6.07) is 0. The minimum absolute atomic E-state index is 0.0158. The summed E-state index contributed by atoms with van der Waals surface area (Å²) in [6.07, 6.45) is 14.3. The summed E-state index contributed by atoms with van der Waals surface area (Å²) in [7, 11) is 1.80. The zero-order valence-electron chi connectivity index (χ0n) is 31.2. The molecule has 0 saturated carbocycles. The first-order chi connectivity index (χ1) is 22.2.